The topological polar surface area (TPSA) is 63.6 Å². The van der Waals surface area contributed by atoms with E-state index in [1.54, 1.807) is 24.3 Å². The molecule has 0 aliphatic rings. The Morgan fingerprint density at radius 1 is 1.20 bits per heavy atom. The molecule has 0 bridgehead atoms. The van der Waals surface area contributed by atoms with Crippen LogP contribution in [-0.2, 0) is 9.59 Å². The minimum absolute atomic E-state index is 0.344. The lowest BCUT2D eigenvalue weighted by atomic mass is 9.91. The number of hydrogen-bond acceptors (Lipinski definition) is 3. The van der Waals surface area contributed by atoms with E-state index in [2.05, 4.69) is 13.8 Å². The van der Waals surface area contributed by atoms with E-state index in [4.69, 9.17) is 4.74 Å². The Labute approximate surface area is 119 Å². The lowest BCUT2D eigenvalue weighted by molar-refractivity contribution is -0.139. The monoisotopic (exact) mass is 278 g/mol. The second-order valence-corrected chi connectivity index (χ2v) is 5.35. The average molecular weight is 278 g/mol. The van der Waals surface area contributed by atoms with Gasteiger partial charge in [-0.2, -0.15) is 0 Å². The summed E-state index contributed by atoms with van der Waals surface area (Å²) >= 11 is 0. The smallest absolute Gasteiger partial charge is 0.311 e. The molecule has 1 aromatic rings. The van der Waals surface area contributed by atoms with Crippen LogP contribution in [0.2, 0.25) is 0 Å². The normalized spacial score (nSPS) is 12.2. The molecule has 1 atom stereocenters. The van der Waals surface area contributed by atoms with Crippen molar-refractivity contribution in [1.29, 1.82) is 0 Å². The van der Waals surface area contributed by atoms with Gasteiger partial charge in [-0.25, -0.2) is 0 Å². The highest BCUT2D eigenvalue weighted by molar-refractivity contribution is 5.78. The fourth-order valence-electron chi connectivity index (χ4n) is 2.16. The summed E-state index contributed by atoms with van der Waals surface area (Å²) in [6.07, 6.45) is 2.37. The van der Waals surface area contributed by atoms with Crippen molar-refractivity contribution in [2.45, 2.75) is 46.0 Å². The first-order valence-corrected chi connectivity index (χ1v) is 6.92. The average Bonchev–Trinajstić information content (AvgIpc) is 2.34. The number of carbonyl (C=O) groups is 2. The summed E-state index contributed by atoms with van der Waals surface area (Å²) in [5.41, 5.74) is 0.568. The van der Waals surface area contributed by atoms with Crippen LogP contribution in [0.25, 0.3) is 0 Å². The van der Waals surface area contributed by atoms with E-state index in [0.717, 1.165) is 12.8 Å². The molecule has 0 spiro atoms. The van der Waals surface area contributed by atoms with Crippen LogP contribution < -0.4 is 4.74 Å². The number of benzene rings is 1. The van der Waals surface area contributed by atoms with Crippen LogP contribution in [0.15, 0.2) is 24.3 Å². The van der Waals surface area contributed by atoms with Gasteiger partial charge in [0.25, 0.3) is 0 Å². The molecule has 4 nitrogen and oxygen atoms in total. The zero-order chi connectivity index (χ0) is 15.1. The summed E-state index contributed by atoms with van der Waals surface area (Å²) in [6, 6.07) is 6.84. The maximum absolute atomic E-state index is 11.5. The third-order valence-electron chi connectivity index (χ3n) is 3.12. The Morgan fingerprint density at radius 2 is 1.85 bits per heavy atom. The summed E-state index contributed by atoms with van der Waals surface area (Å²) in [4.78, 5) is 22.6. The Bertz CT molecular complexity index is 465. The van der Waals surface area contributed by atoms with Gasteiger partial charge in [-0.1, -0.05) is 44.9 Å². The first kappa shape index (κ1) is 16.2. The molecule has 0 aliphatic heterocycles. The van der Waals surface area contributed by atoms with Gasteiger partial charge in [-0.05, 0) is 18.4 Å². The van der Waals surface area contributed by atoms with E-state index in [1.807, 2.05) is 0 Å². The number of ether oxygens (including phenoxy) is 1. The molecule has 0 saturated heterocycles. The van der Waals surface area contributed by atoms with Crippen molar-refractivity contribution in [3.8, 4) is 5.75 Å². The largest absolute Gasteiger partial charge is 0.481 e. The van der Waals surface area contributed by atoms with Gasteiger partial charge < -0.3 is 9.84 Å². The van der Waals surface area contributed by atoms with Crippen molar-refractivity contribution in [3.63, 3.8) is 0 Å². The van der Waals surface area contributed by atoms with E-state index >= 15 is 0 Å². The fraction of sp³-hybridized carbons (Fsp3) is 0.500. The molecule has 1 aromatic carbocycles. The van der Waals surface area contributed by atoms with Crippen molar-refractivity contribution in [2.24, 2.45) is 5.92 Å². The third-order valence-corrected chi connectivity index (χ3v) is 3.12. The van der Waals surface area contributed by atoms with Crippen molar-refractivity contribution in [2.75, 3.05) is 0 Å². The lowest BCUT2D eigenvalue weighted by Crippen LogP contribution is -2.14. The quantitative estimate of drug-likeness (QED) is 0.611. The van der Waals surface area contributed by atoms with E-state index in [0.29, 0.717) is 23.7 Å². The molecule has 0 heterocycles. The summed E-state index contributed by atoms with van der Waals surface area (Å²) in [7, 11) is 0. The fourth-order valence-corrected chi connectivity index (χ4v) is 2.16. The van der Waals surface area contributed by atoms with Gasteiger partial charge in [0.2, 0.25) is 0 Å². The van der Waals surface area contributed by atoms with Crippen molar-refractivity contribution < 1.29 is 19.4 Å². The SMILES string of the molecule is CC(=O)Oc1ccccc1C(CCCC(C)C)C(=O)O. The number of carboxylic acid groups (broad SMARTS) is 1. The van der Waals surface area contributed by atoms with Gasteiger partial charge in [0.1, 0.15) is 5.75 Å². The number of hydrogen-bond donors (Lipinski definition) is 1. The van der Waals surface area contributed by atoms with Crippen LogP contribution in [0.3, 0.4) is 0 Å². The molecular formula is C16H22O4. The standard InChI is InChI=1S/C16H22O4/c1-11(2)7-6-9-14(16(18)19)13-8-4-5-10-15(13)20-12(3)17/h4-5,8,10-11,14H,6-7,9H2,1-3H3,(H,18,19). The van der Waals surface area contributed by atoms with Crippen molar-refractivity contribution in [1.82, 2.24) is 0 Å². The van der Waals surface area contributed by atoms with Crippen LogP contribution in [0.1, 0.15) is 51.5 Å². The van der Waals surface area contributed by atoms with E-state index in [9.17, 15) is 14.7 Å². The molecule has 110 valence electrons. The van der Waals surface area contributed by atoms with Gasteiger partial charge in [-0.3, -0.25) is 9.59 Å². The van der Waals surface area contributed by atoms with E-state index in [-0.39, 0.29) is 0 Å². The Hall–Kier alpha value is -1.84. The zero-order valence-electron chi connectivity index (χ0n) is 12.3. The van der Waals surface area contributed by atoms with Crippen LogP contribution in [0, 0.1) is 5.92 Å². The van der Waals surface area contributed by atoms with Crippen LogP contribution in [-0.4, -0.2) is 17.0 Å². The van der Waals surface area contributed by atoms with Crippen molar-refractivity contribution >= 4 is 11.9 Å². The van der Waals surface area contributed by atoms with Gasteiger partial charge in [-0.15, -0.1) is 0 Å². The predicted octanol–water partition coefficient (Wildman–Crippen LogP) is 3.61. The van der Waals surface area contributed by atoms with Gasteiger partial charge in [0, 0.05) is 12.5 Å². The summed E-state index contributed by atoms with van der Waals surface area (Å²) in [5, 5.41) is 9.41. The second kappa shape index (κ2) is 7.68. The molecular weight excluding hydrogens is 256 g/mol. The maximum atomic E-state index is 11.5. The molecule has 1 unspecified atom stereocenters. The number of carboxylic acids is 1. The lowest BCUT2D eigenvalue weighted by Gasteiger charge is -2.16. The van der Waals surface area contributed by atoms with Crippen LogP contribution >= 0.6 is 0 Å². The Kier molecular flexibility index (Phi) is 6.22. The molecule has 1 rings (SSSR count). The molecule has 1 N–H and O–H groups in total. The first-order valence-electron chi connectivity index (χ1n) is 6.92. The molecule has 0 aliphatic carbocycles. The first-order chi connectivity index (χ1) is 9.41. The highest BCUT2D eigenvalue weighted by atomic mass is 16.5. The van der Waals surface area contributed by atoms with E-state index in [1.165, 1.54) is 6.92 Å². The van der Waals surface area contributed by atoms with Crippen LogP contribution in [0.4, 0.5) is 0 Å². The molecule has 0 amide bonds. The Morgan fingerprint density at radius 3 is 2.40 bits per heavy atom. The van der Waals surface area contributed by atoms with Crippen molar-refractivity contribution in [3.05, 3.63) is 29.8 Å². The third kappa shape index (κ3) is 5.03. The molecule has 0 aromatic heterocycles. The highest BCUT2D eigenvalue weighted by Crippen LogP contribution is 2.31. The zero-order valence-corrected chi connectivity index (χ0v) is 12.3. The number of carbonyl (C=O) groups excluding carboxylic acids is 1. The minimum atomic E-state index is -0.881. The number of rotatable bonds is 7. The van der Waals surface area contributed by atoms with Gasteiger partial charge in [0.05, 0.1) is 5.92 Å². The number of aliphatic carboxylic acids is 1. The molecule has 20 heavy (non-hydrogen) atoms. The van der Waals surface area contributed by atoms with E-state index < -0.39 is 17.9 Å². The summed E-state index contributed by atoms with van der Waals surface area (Å²) in [5.74, 6) is -1.06. The summed E-state index contributed by atoms with van der Waals surface area (Å²) < 4.78 is 5.10. The molecule has 4 heteroatoms. The Balaban J connectivity index is 2.91. The number of para-hydroxylation sites is 1. The highest BCUT2D eigenvalue weighted by Gasteiger charge is 2.23. The molecule has 0 radical (unpaired) electrons. The molecule has 0 fully saturated rings. The minimum Gasteiger partial charge on any atom is -0.481 e. The summed E-state index contributed by atoms with van der Waals surface area (Å²) in [6.45, 7) is 5.54. The molecule has 0 saturated carbocycles. The van der Waals surface area contributed by atoms with Gasteiger partial charge in [0.15, 0.2) is 0 Å². The van der Waals surface area contributed by atoms with Crippen LogP contribution in [0.5, 0.6) is 5.75 Å². The number of esters is 1. The maximum Gasteiger partial charge on any atom is 0.311 e. The van der Waals surface area contributed by atoms with Gasteiger partial charge >= 0.3 is 11.9 Å². The predicted molar refractivity (Wildman–Crippen MR) is 76.8 cm³/mol. The second-order valence-electron chi connectivity index (χ2n) is 5.35.